The summed E-state index contributed by atoms with van der Waals surface area (Å²) in [7, 11) is 0. The van der Waals surface area contributed by atoms with Gasteiger partial charge in [-0.3, -0.25) is 4.79 Å². The number of piperidine rings is 1. The van der Waals surface area contributed by atoms with Crippen molar-refractivity contribution in [2.45, 2.75) is 51.6 Å². The number of hydrogen-bond acceptors (Lipinski definition) is 3. The van der Waals surface area contributed by atoms with Gasteiger partial charge in [-0.25, -0.2) is 0 Å². The summed E-state index contributed by atoms with van der Waals surface area (Å²) in [5.74, 6) is 1.02. The maximum absolute atomic E-state index is 12.0. The molecule has 1 aliphatic heterocycles. The summed E-state index contributed by atoms with van der Waals surface area (Å²) in [5.41, 5.74) is 0. The van der Waals surface area contributed by atoms with E-state index in [1.54, 1.807) is 0 Å². The molecule has 1 aliphatic rings. The fourth-order valence-electron chi connectivity index (χ4n) is 2.80. The van der Waals surface area contributed by atoms with Crippen molar-refractivity contribution in [3.63, 3.8) is 0 Å². The number of likely N-dealkylation sites (tertiary alicyclic amines) is 1. The number of benzene rings is 1. The van der Waals surface area contributed by atoms with Crippen molar-refractivity contribution in [1.82, 2.24) is 10.2 Å². The van der Waals surface area contributed by atoms with E-state index in [0.29, 0.717) is 25.1 Å². The first-order chi connectivity index (χ1) is 10.6. The third kappa shape index (κ3) is 5.68. The van der Waals surface area contributed by atoms with Crippen LogP contribution in [0.5, 0.6) is 5.75 Å². The molecule has 122 valence electrons. The molecule has 1 amide bonds. The molecule has 1 heterocycles. The predicted molar refractivity (Wildman–Crippen MR) is 89.0 cm³/mol. The maximum atomic E-state index is 12.0. The summed E-state index contributed by atoms with van der Waals surface area (Å²) in [6.07, 6.45) is 3.41. The molecule has 0 atom stereocenters. The molecular weight excluding hydrogens is 276 g/mol. The van der Waals surface area contributed by atoms with Gasteiger partial charge >= 0.3 is 0 Å². The maximum Gasteiger partial charge on any atom is 0.220 e. The summed E-state index contributed by atoms with van der Waals surface area (Å²) in [5, 5.41) is 3.16. The summed E-state index contributed by atoms with van der Waals surface area (Å²) in [4.78, 5) is 14.4. The van der Waals surface area contributed by atoms with Crippen molar-refractivity contribution < 1.29 is 9.53 Å². The summed E-state index contributed by atoms with van der Waals surface area (Å²) in [6.45, 7) is 7.21. The number of hydrogen-bond donors (Lipinski definition) is 1. The van der Waals surface area contributed by atoms with E-state index in [1.807, 2.05) is 30.3 Å². The Balaban J connectivity index is 1.57. The highest BCUT2D eigenvalue weighted by Crippen LogP contribution is 2.13. The molecule has 0 spiro atoms. The number of nitrogens with one attached hydrogen (secondary N) is 1. The van der Waals surface area contributed by atoms with Crippen molar-refractivity contribution in [2.75, 3.05) is 19.7 Å². The Morgan fingerprint density at radius 1 is 1.27 bits per heavy atom. The lowest BCUT2D eigenvalue weighted by atomic mass is 10.0. The fraction of sp³-hybridized carbons (Fsp3) is 0.611. The summed E-state index contributed by atoms with van der Waals surface area (Å²) in [6, 6.07) is 10.7. The molecule has 2 rings (SSSR count). The van der Waals surface area contributed by atoms with Crippen molar-refractivity contribution in [2.24, 2.45) is 0 Å². The second-order valence-electron chi connectivity index (χ2n) is 6.24. The molecular formula is C18H28N2O2. The van der Waals surface area contributed by atoms with Gasteiger partial charge in [-0.2, -0.15) is 0 Å². The number of rotatable bonds is 7. The first-order valence-electron chi connectivity index (χ1n) is 8.36. The van der Waals surface area contributed by atoms with E-state index in [9.17, 15) is 4.79 Å². The van der Waals surface area contributed by atoms with Gasteiger partial charge in [0.05, 0.1) is 6.61 Å². The summed E-state index contributed by atoms with van der Waals surface area (Å²) < 4.78 is 5.60. The topological polar surface area (TPSA) is 41.6 Å². The largest absolute Gasteiger partial charge is 0.494 e. The van der Waals surface area contributed by atoms with E-state index in [-0.39, 0.29) is 5.91 Å². The summed E-state index contributed by atoms with van der Waals surface area (Å²) >= 11 is 0. The van der Waals surface area contributed by atoms with Gasteiger partial charge in [0.25, 0.3) is 0 Å². The Morgan fingerprint density at radius 2 is 1.95 bits per heavy atom. The van der Waals surface area contributed by atoms with Gasteiger partial charge in [0.15, 0.2) is 0 Å². The molecule has 0 aromatic heterocycles. The van der Waals surface area contributed by atoms with E-state index in [0.717, 1.165) is 38.1 Å². The standard InChI is InChI=1S/C18H28N2O2/c1-15(2)20-12-10-16(11-13-20)19-18(21)9-6-14-22-17-7-4-3-5-8-17/h3-5,7-8,15-16H,6,9-14H2,1-2H3,(H,19,21). The van der Waals surface area contributed by atoms with Crippen molar-refractivity contribution in [1.29, 1.82) is 0 Å². The van der Waals surface area contributed by atoms with Crippen LogP contribution in [-0.2, 0) is 4.79 Å². The minimum absolute atomic E-state index is 0.152. The zero-order chi connectivity index (χ0) is 15.8. The minimum Gasteiger partial charge on any atom is -0.494 e. The average molecular weight is 304 g/mol. The lowest BCUT2D eigenvalue weighted by molar-refractivity contribution is -0.122. The van der Waals surface area contributed by atoms with Gasteiger partial charge in [0.2, 0.25) is 5.91 Å². The van der Waals surface area contributed by atoms with Crippen LogP contribution in [0.2, 0.25) is 0 Å². The molecule has 1 fully saturated rings. The molecule has 1 saturated heterocycles. The lowest BCUT2D eigenvalue weighted by Crippen LogP contribution is -2.46. The van der Waals surface area contributed by atoms with E-state index in [2.05, 4.69) is 24.1 Å². The Labute approximate surface area is 133 Å². The molecule has 0 saturated carbocycles. The highest BCUT2D eigenvalue weighted by molar-refractivity contribution is 5.76. The molecule has 1 N–H and O–H groups in total. The molecule has 22 heavy (non-hydrogen) atoms. The van der Waals surface area contributed by atoms with Crippen LogP contribution in [0.4, 0.5) is 0 Å². The lowest BCUT2D eigenvalue weighted by Gasteiger charge is -2.34. The van der Waals surface area contributed by atoms with Gasteiger partial charge < -0.3 is 15.0 Å². The SMILES string of the molecule is CC(C)N1CCC(NC(=O)CCCOc2ccccc2)CC1. The van der Waals surface area contributed by atoms with Crippen molar-refractivity contribution in [3.8, 4) is 5.75 Å². The smallest absolute Gasteiger partial charge is 0.220 e. The molecule has 4 heteroatoms. The third-order valence-electron chi connectivity index (χ3n) is 4.19. The molecule has 0 bridgehead atoms. The molecule has 0 unspecified atom stereocenters. The molecule has 0 aliphatic carbocycles. The fourth-order valence-corrected chi connectivity index (χ4v) is 2.80. The second-order valence-corrected chi connectivity index (χ2v) is 6.24. The second kappa shape index (κ2) is 8.79. The Bertz CT molecular complexity index is 440. The van der Waals surface area contributed by atoms with Crippen LogP contribution in [0.25, 0.3) is 0 Å². The highest BCUT2D eigenvalue weighted by Gasteiger charge is 2.21. The number of carbonyl (C=O) groups excluding carboxylic acids is 1. The van der Waals surface area contributed by atoms with Gasteiger partial charge in [-0.1, -0.05) is 18.2 Å². The van der Waals surface area contributed by atoms with Crippen LogP contribution in [0, 0.1) is 0 Å². The number of para-hydroxylation sites is 1. The molecule has 1 aromatic carbocycles. The zero-order valence-electron chi connectivity index (χ0n) is 13.8. The molecule has 4 nitrogen and oxygen atoms in total. The average Bonchev–Trinajstić information content (AvgIpc) is 2.53. The number of ether oxygens (including phenoxy) is 1. The number of carbonyl (C=O) groups is 1. The first kappa shape index (κ1) is 16.8. The van der Waals surface area contributed by atoms with Gasteiger partial charge in [-0.05, 0) is 45.2 Å². The van der Waals surface area contributed by atoms with E-state index in [1.165, 1.54) is 0 Å². The van der Waals surface area contributed by atoms with Gasteiger partial charge in [-0.15, -0.1) is 0 Å². The monoisotopic (exact) mass is 304 g/mol. The predicted octanol–water partition coefficient (Wildman–Crippen LogP) is 2.83. The normalized spacial score (nSPS) is 16.7. The minimum atomic E-state index is 0.152. The molecule has 1 aromatic rings. The van der Waals surface area contributed by atoms with Gasteiger partial charge in [0.1, 0.15) is 5.75 Å². The highest BCUT2D eigenvalue weighted by atomic mass is 16.5. The number of nitrogens with zero attached hydrogens (tertiary/aromatic N) is 1. The van der Waals surface area contributed by atoms with E-state index in [4.69, 9.17) is 4.74 Å². The van der Waals surface area contributed by atoms with Crippen LogP contribution in [0.1, 0.15) is 39.5 Å². The van der Waals surface area contributed by atoms with Crippen LogP contribution in [-0.4, -0.2) is 42.6 Å². The Hall–Kier alpha value is -1.55. The Kier molecular flexibility index (Phi) is 6.72. The zero-order valence-corrected chi connectivity index (χ0v) is 13.8. The Morgan fingerprint density at radius 3 is 2.59 bits per heavy atom. The van der Waals surface area contributed by atoms with Crippen LogP contribution < -0.4 is 10.1 Å². The number of amides is 1. The van der Waals surface area contributed by atoms with Crippen LogP contribution in [0.3, 0.4) is 0 Å². The van der Waals surface area contributed by atoms with Crippen molar-refractivity contribution in [3.05, 3.63) is 30.3 Å². The van der Waals surface area contributed by atoms with E-state index >= 15 is 0 Å². The first-order valence-corrected chi connectivity index (χ1v) is 8.36. The molecule has 0 radical (unpaired) electrons. The van der Waals surface area contributed by atoms with Crippen LogP contribution in [0.15, 0.2) is 30.3 Å². The van der Waals surface area contributed by atoms with Crippen LogP contribution >= 0.6 is 0 Å². The van der Waals surface area contributed by atoms with Gasteiger partial charge in [0, 0.05) is 31.6 Å². The van der Waals surface area contributed by atoms with E-state index < -0.39 is 0 Å². The third-order valence-corrected chi connectivity index (χ3v) is 4.19. The van der Waals surface area contributed by atoms with Crippen molar-refractivity contribution >= 4 is 5.91 Å². The quantitative estimate of drug-likeness (QED) is 0.788.